The van der Waals surface area contributed by atoms with Crippen LogP contribution in [0.1, 0.15) is 32.6 Å². The summed E-state index contributed by atoms with van der Waals surface area (Å²) < 4.78 is 0. The van der Waals surface area contributed by atoms with Gasteiger partial charge in [-0.25, -0.2) is 4.98 Å². The van der Waals surface area contributed by atoms with Crippen molar-refractivity contribution in [1.82, 2.24) is 10.3 Å². The number of rotatable bonds is 6. The Bertz CT molecular complexity index is 307. The molecule has 0 amide bonds. The molecule has 0 aliphatic heterocycles. The molecule has 0 saturated heterocycles. The fourth-order valence-electron chi connectivity index (χ4n) is 1.25. The van der Waals surface area contributed by atoms with Gasteiger partial charge in [-0.05, 0) is 26.3 Å². The summed E-state index contributed by atoms with van der Waals surface area (Å²) in [5, 5.41) is 4.54. The van der Waals surface area contributed by atoms with Crippen LogP contribution in [-0.2, 0) is 6.54 Å². The molecule has 0 saturated carbocycles. The van der Waals surface area contributed by atoms with Crippen LogP contribution in [0.25, 0.3) is 0 Å². The average molecular weight is 241 g/mol. The number of thiazole rings is 1. The van der Waals surface area contributed by atoms with Crippen molar-refractivity contribution in [3.05, 3.63) is 11.1 Å². The third-order valence-corrected chi connectivity index (χ3v) is 3.56. The minimum absolute atomic E-state index is 0.502. The minimum atomic E-state index is 0.502. The van der Waals surface area contributed by atoms with Crippen molar-refractivity contribution < 1.29 is 0 Å². The highest BCUT2D eigenvalue weighted by Crippen LogP contribution is 2.22. The zero-order valence-electron chi connectivity index (χ0n) is 10.9. The van der Waals surface area contributed by atoms with Crippen LogP contribution in [0, 0.1) is 5.92 Å². The van der Waals surface area contributed by atoms with Crippen LogP contribution in [0.15, 0.2) is 6.20 Å². The Morgan fingerprint density at radius 2 is 2.06 bits per heavy atom. The van der Waals surface area contributed by atoms with E-state index in [2.05, 4.69) is 49.9 Å². The van der Waals surface area contributed by atoms with Gasteiger partial charge in [-0.3, -0.25) is 0 Å². The van der Waals surface area contributed by atoms with E-state index in [0.29, 0.717) is 12.0 Å². The minimum Gasteiger partial charge on any atom is -0.349 e. The second-order valence-electron chi connectivity index (χ2n) is 4.84. The van der Waals surface area contributed by atoms with Crippen LogP contribution in [0.3, 0.4) is 0 Å². The molecular formula is C12H23N3S. The highest BCUT2D eigenvalue weighted by molar-refractivity contribution is 7.15. The molecule has 3 nitrogen and oxygen atoms in total. The molecule has 1 aromatic heterocycles. The van der Waals surface area contributed by atoms with Crippen LogP contribution < -0.4 is 10.2 Å². The first-order chi connectivity index (χ1) is 7.50. The second kappa shape index (κ2) is 6.21. The Morgan fingerprint density at radius 3 is 2.62 bits per heavy atom. The number of anilines is 1. The molecule has 0 spiro atoms. The molecule has 1 heterocycles. The van der Waals surface area contributed by atoms with Gasteiger partial charge in [0.25, 0.3) is 0 Å². The van der Waals surface area contributed by atoms with Gasteiger partial charge < -0.3 is 10.2 Å². The van der Waals surface area contributed by atoms with E-state index in [1.165, 1.54) is 4.88 Å². The van der Waals surface area contributed by atoms with Gasteiger partial charge in [0.1, 0.15) is 0 Å². The molecule has 0 fully saturated rings. The summed E-state index contributed by atoms with van der Waals surface area (Å²) in [4.78, 5) is 7.95. The van der Waals surface area contributed by atoms with E-state index in [-0.39, 0.29) is 0 Å². The van der Waals surface area contributed by atoms with Gasteiger partial charge in [-0.2, -0.15) is 0 Å². The maximum atomic E-state index is 4.44. The number of nitrogens with zero attached hydrogens (tertiary/aromatic N) is 2. The molecule has 92 valence electrons. The molecule has 1 rings (SSSR count). The predicted octanol–water partition coefficient (Wildman–Crippen LogP) is 2.73. The van der Waals surface area contributed by atoms with Crippen molar-refractivity contribution >= 4 is 16.5 Å². The normalized spacial score (nSPS) is 11.4. The Labute approximate surface area is 103 Å². The van der Waals surface area contributed by atoms with Crippen LogP contribution in [-0.4, -0.2) is 24.6 Å². The number of hydrogen-bond acceptors (Lipinski definition) is 4. The van der Waals surface area contributed by atoms with Crippen molar-refractivity contribution in [3.8, 4) is 0 Å². The first-order valence-electron chi connectivity index (χ1n) is 5.89. The lowest BCUT2D eigenvalue weighted by atomic mass is 10.2. The lowest BCUT2D eigenvalue weighted by molar-refractivity contribution is 0.554. The van der Waals surface area contributed by atoms with Crippen molar-refractivity contribution in [2.45, 2.75) is 40.3 Å². The van der Waals surface area contributed by atoms with Crippen molar-refractivity contribution in [2.24, 2.45) is 5.92 Å². The SMILES string of the molecule is CC(C)CNCc1cnc(N(C)C(C)C)s1. The van der Waals surface area contributed by atoms with Crippen LogP contribution in [0.4, 0.5) is 5.13 Å². The molecule has 0 aliphatic carbocycles. The Morgan fingerprint density at radius 1 is 1.38 bits per heavy atom. The van der Waals surface area contributed by atoms with E-state index in [9.17, 15) is 0 Å². The first kappa shape index (κ1) is 13.5. The second-order valence-corrected chi connectivity index (χ2v) is 5.93. The van der Waals surface area contributed by atoms with Gasteiger partial charge in [0.15, 0.2) is 5.13 Å². The Kier molecular flexibility index (Phi) is 5.22. The summed E-state index contributed by atoms with van der Waals surface area (Å²) in [5.74, 6) is 0.700. The molecule has 0 bridgehead atoms. The van der Waals surface area contributed by atoms with Gasteiger partial charge >= 0.3 is 0 Å². The number of nitrogens with one attached hydrogen (secondary N) is 1. The van der Waals surface area contributed by atoms with Gasteiger partial charge in [-0.15, -0.1) is 11.3 Å². The zero-order valence-corrected chi connectivity index (χ0v) is 11.8. The van der Waals surface area contributed by atoms with E-state index in [0.717, 1.165) is 18.2 Å². The summed E-state index contributed by atoms with van der Waals surface area (Å²) in [6, 6.07) is 0.502. The molecular weight excluding hydrogens is 218 g/mol. The Hall–Kier alpha value is -0.610. The number of aromatic nitrogens is 1. The fourth-order valence-corrected chi connectivity index (χ4v) is 2.22. The molecule has 0 aliphatic rings. The standard InChI is InChI=1S/C12H23N3S/c1-9(2)6-13-7-11-8-14-12(16-11)15(5)10(3)4/h8-10,13H,6-7H2,1-5H3. The third kappa shape index (κ3) is 4.10. The van der Waals surface area contributed by atoms with Gasteiger partial charge in [-0.1, -0.05) is 13.8 Å². The lowest BCUT2D eigenvalue weighted by Gasteiger charge is -2.19. The molecule has 0 unspecified atom stereocenters. The molecule has 0 radical (unpaired) electrons. The smallest absolute Gasteiger partial charge is 0.185 e. The molecule has 4 heteroatoms. The lowest BCUT2D eigenvalue weighted by Crippen LogP contribution is -2.25. The highest BCUT2D eigenvalue weighted by atomic mass is 32.1. The summed E-state index contributed by atoms with van der Waals surface area (Å²) in [6.07, 6.45) is 1.98. The molecule has 0 aromatic carbocycles. The van der Waals surface area contributed by atoms with E-state index < -0.39 is 0 Å². The molecule has 1 aromatic rings. The third-order valence-electron chi connectivity index (χ3n) is 2.47. The quantitative estimate of drug-likeness (QED) is 0.830. The van der Waals surface area contributed by atoms with Crippen LogP contribution in [0.2, 0.25) is 0 Å². The van der Waals surface area contributed by atoms with Gasteiger partial charge in [0.2, 0.25) is 0 Å². The van der Waals surface area contributed by atoms with E-state index in [4.69, 9.17) is 0 Å². The largest absolute Gasteiger partial charge is 0.349 e. The predicted molar refractivity (Wildman–Crippen MR) is 72.2 cm³/mol. The van der Waals surface area contributed by atoms with E-state index >= 15 is 0 Å². The van der Waals surface area contributed by atoms with Crippen LogP contribution >= 0.6 is 11.3 Å². The summed E-state index contributed by atoms with van der Waals surface area (Å²) in [6.45, 7) is 10.8. The summed E-state index contributed by atoms with van der Waals surface area (Å²) in [7, 11) is 2.09. The first-order valence-corrected chi connectivity index (χ1v) is 6.70. The van der Waals surface area contributed by atoms with Crippen molar-refractivity contribution in [1.29, 1.82) is 0 Å². The van der Waals surface area contributed by atoms with Crippen LogP contribution in [0.5, 0.6) is 0 Å². The average Bonchev–Trinajstić information content (AvgIpc) is 2.64. The van der Waals surface area contributed by atoms with Gasteiger partial charge in [0, 0.05) is 30.7 Å². The monoisotopic (exact) mass is 241 g/mol. The van der Waals surface area contributed by atoms with Crippen molar-refractivity contribution in [2.75, 3.05) is 18.5 Å². The topological polar surface area (TPSA) is 28.2 Å². The van der Waals surface area contributed by atoms with E-state index in [1.54, 1.807) is 11.3 Å². The zero-order chi connectivity index (χ0) is 12.1. The maximum Gasteiger partial charge on any atom is 0.185 e. The van der Waals surface area contributed by atoms with Crippen molar-refractivity contribution in [3.63, 3.8) is 0 Å². The fraction of sp³-hybridized carbons (Fsp3) is 0.750. The van der Waals surface area contributed by atoms with E-state index in [1.807, 2.05) is 6.20 Å². The number of hydrogen-bond donors (Lipinski definition) is 1. The summed E-state index contributed by atoms with van der Waals surface area (Å²) in [5.41, 5.74) is 0. The molecule has 0 atom stereocenters. The molecule has 1 N–H and O–H groups in total. The Balaban J connectivity index is 2.45. The maximum absolute atomic E-state index is 4.44. The highest BCUT2D eigenvalue weighted by Gasteiger charge is 2.09. The van der Waals surface area contributed by atoms with Gasteiger partial charge in [0.05, 0.1) is 0 Å². The summed E-state index contributed by atoms with van der Waals surface area (Å²) >= 11 is 1.77. The molecule has 16 heavy (non-hydrogen) atoms.